The maximum Gasteiger partial charge on any atom is 0.107 e. The smallest absolute Gasteiger partial charge is 0.107 e. The summed E-state index contributed by atoms with van der Waals surface area (Å²) in [4.78, 5) is 6.68. The van der Waals surface area contributed by atoms with Gasteiger partial charge in [-0.25, -0.2) is 4.98 Å². The van der Waals surface area contributed by atoms with Crippen molar-refractivity contribution in [1.82, 2.24) is 9.88 Å². The summed E-state index contributed by atoms with van der Waals surface area (Å²) in [7, 11) is 1.74. The number of benzene rings is 1. The molecule has 3 nitrogen and oxygen atoms in total. The number of aromatic nitrogens is 1. The summed E-state index contributed by atoms with van der Waals surface area (Å²) in [5.74, 6) is 0. The molecule has 1 heterocycles. The van der Waals surface area contributed by atoms with Crippen molar-refractivity contribution in [3.8, 4) is 0 Å². The van der Waals surface area contributed by atoms with E-state index in [0.29, 0.717) is 0 Å². The third kappa shape index (κ3) is 5.25. The van der Waals surface area contributed by atoms with E-state index in [2.05, 4.69) is 46.3 Å². The van der Waals surface area contributed by atoms with Crippen LogP contribution in [0.5, 0.6) is 0 Å². The average molecular weight is 288 g/mol. The molecule has 0 unspecified atom stereocenters. The second kappa shape index (κ2) is 8.64. The molecular formula is C16H20N2OS. The van der Waals surface area contributed by atoms with Crippen molar-refractivity contribution in [3.05, 3.63) is 58.6 Å². The Morgan fingerprint density at radius 1 is 1.30 bits per heavy atom. The number of ether oxygens (including phenoxy) is 1. The lowest BCUT2D eigenvalue weighted by atomic mass is 10.2. The van der Waals surface area contributed by atoms with Crippen LogP contribution in [-0.2, 0) is 11.3 Å². The van der Waals surface area contributed by atoms with Crippen molar-refractivity contribution in [3.63, 3.8) is 0 Å². The molecule has 4 heteroatoms. The Balaban J connectivity index is 1.88. The number of rotatable bonds is 8. The molecule has 2 aromatic rings. The number of methoxy groups -OCH3 is 1. The Morgan fingerprint density at radius 2 is 2.15 bits per heavy atom. The monoisotopic (exact) mass is 288 g/mol. The lowest BCUT2D eigenvalue weighted by Crippen LogP contribution is -2.27. The maximum absolute atomic E-state index is 5.17. The molecule has 0 aliphatic rings. The van der Waals surface area contributed by atoms with Gasteiger partial charge >= 0.3 is 0 Å². The Hall–Kier alpha value is -1.49. The molecule has 1 aromatic carbocycles. The van der Waals surface area contributed by atoms with Crippen LogP contribution in [0.4, 0.5) is 0 Å². The van der Waals surface area contributed by atoms with Crippen LogP contribution >= 0.6 is 11.3 Å². The molecule has 0 bridgehead atoms. The van der Waals surface area contributed by atoms with Gasteiger partial charge in [-0.3, -0.25) is 4.90 Å². The van der Waals surface area contributed by atoms with Crippen LogP contribution < -0.4 is 0 Å². The Bertz CT molecular complexity index is 496. The first-order valence-corrected chi connectivity index (χ1v) is 7.57. The number of hydrogen-bond donors (Lipinski definition) is 0. The molecule has 106 valence electrons. The van der Waals surface area contributed by atoms with E-state index >= 15 is 0 Å². The van der Waals surface area contributed by atoms with Crippen LogP contribution in [0.1, 0.15) is 10.6 Å². The van der Waals surface area contributed by atoms with E-state index < -0.39 is 0 Å². The maximum atomic E-state index is 5.17. The summed E-state index contributed by atoms with van der Waals surface area (Å²) >= 11 is 1.70. The second-order valence-electron chi connectivity index (χ2n) is 4.47. The van der Waals surface area contributed by atoms with Crippen molar-refractivity contribution in [2.45, 2.75) is 6.54 Å². The quantitative estimate of drug-likeness (QED) is 0.745. The van der Waals surface area contributed by atoms with Crippen LogP contribution in [0.15, 0.2) is 48.0 Å². The van der Waals surface area contributed by atoms with E-state index in [-0.39, 0.29) is 0 Å². The predicted molar refractivity (Wildman–Crippen MR) is 84.7 cm³/mol. The zero-order valence-electron chi connectivity index (χ0n) is 11.7. The van der Waals surface area contributed by atoms with Gasteiger partial charge in [0.2, 0.25) is 0 Å². The standard InChI is InChI=1S/C16H20N2OS/c1-19-12-11-18(14-16-17-9-13-20-16)10-5-8-15-6-3-2-4-7-15/h2-9,13H,10-12,14H2,1H3/b8-5+. The van der Waals surface area contributed by atoms with Crippen molar-refractivity contribution >= 4 is 17.4 Å². The van der Waals surface area contributed by atoms with E-state index in [9.17, 15) is 0 Å². The largest absolute Gasteiger partial charge is 0.383 e. The third-order valence-electron chi connectivity index (χ3n) is 2.93. The van der Waals surface area contributed by atoms with Gasteiger partial charge in [-0.1, -0.05) is 42.5 Å². The second-order valence-corrected chi connectivity index (χ2v) is 5.45. The highest BCUT2D eigenvalue weighted by atomic mass is 32.1. The van der Waals surface area contributed by atoms with Gasteiger partial charge in [0.05, 0.1) is 13.2 Å². The first kappa shape index (κ1) is 14.9. The molecule has 0 fully saturated rings. The van der Waals surface area contributed by atoms with E-state index in [1.807, 2.05) is 17.6 Å². The van der Waals surface area contributed by atoms with Crippen LogP contribution in [0.2, 0.25) is 0 Å². The van der Waals surface area contributed by atoms with Gasteiger partial charge in [-0.05, 0) is 5.56 Å². The Morgan fingerprint density at radius 3 is 2.85 bits per heavy atom. The molecule has 0 spiro atoms. The van der Waals surface area contributed by atoms with Gasteiger partial charge in [0.25, 0.3) is 0 Å². The molecule has 0 aliphatic heterocycles. The van der Waals surface area contributed by atoms with Gasteiger partial charge in [-0.2, -0.15) is 0 Å². The molecule has 1 aromatic heterocycles. The number of thiazole rings is 1. The normalized spacial score (nSPS) is 11.5. The molecule has 0 atom stereocenters. The highest BCUT2D eigenvalue weighted by molar-refractivity contribution is 7.09. The molecule has 2 rings (SSSR count). The zero-order chi connectivity index (χ0) is 14.0. The van der Waals surface area contributed by atoms with Crippen LogP contribution in [-0.4, -0.2) is 36.7 Å². The predicted octanol–water partition coefficient (Wildman–Crippen LogP) is 3.30. The van der Waals surface area contributed by atoms with E-state index in [4.69, 9.17) is 4.74 Å². The first-order valence-electron chi connectivity index (χ1n) is 6.70. The minimum atomic E-state index is 0.741. The summed E-state index contributed by atoms with van der Waals surface area (Å²) in [6.45, 7) is 3.43. The molecule has 0 aliphatic carbocycles. The summed E-state index contributed by atoms with van der Waals surface area (Å²) in [6, 6.07) is 10.4. The first-order chi connectivity index (χ1) is 9.88. The van der Waals surface area contributed by atoms with Crippen LogP contribution in [0.25, 0.3) is 6.08 Å². The Labute approximate surface area is 124 Å². The molecule has 0 radical (unpaired) electrons. The minimum Gasteiger partial charge on any atom is -0.383 e. The van der Waals surface area contributed by atoms with Gasteiger partial charge in [0.1, 0.15) is 5.01 Å². The van der Waals surface area contributed by atoms with Crippen molar-refractivity contribution in [1.29, 1.82) is 0 Å². The summed E-state index contributed by atoms with van der Waals surface area (Å²) in [5.41, 5.74) is 1.23. The Kier molecular flexibility index (Phi) is 6.44. The fourth-order valence-electron chi connectivity index (χ4n) is 1.88. The van der Waals surface area contributed by atoms with Gasteiger partial charge in [0.15, 0.2) is 0 Å². The summed E-state index contributed by atoms with van der Waals surface area (Å²) in [6.07, 6.45) is 6.20. The zero-order valence-corrected chi connectivity index (χ0v) is 12.6. The van der Waals surface area contributed by atoms with Gasteiger partial charge < -0.3 is 4.74 Å². The third-order valence-corrected chi connectivity index (χ3v) is 3.69. The summed E-state index contributed by atoms with van der Waals surface area (Å²) < 4.78 is 5.17. The molecule has 20 heavy (non-hydrogen) atoms. The lowest BCUT2D eigenvalue weighted by molar-refractivity contribution is 0.151. The molecule has 0 saturated carbocycles. The fourth-order valence-corrected chi connectivity index (χ4v) is 2.54. The minimum absolute atomic E-state index is 0.741. The van der Waals surface area contributed by atoms with Gasteiger partial charge in [0, 0.05) is 31.8 Å². The van der Waals surface area contributed by atoms with Crippen molar-refractivity contribution in [2.75, 3.05) is 26.8 Å². The highest BCUT2D eigenvalue weighted by Crippen LogP contribution is 2.08. The van der Waals surface area contributed by atoms with E-state index in [1.54, 1.807) is 18.4 Å². The SMILES string of the molecule is COCCN(C/C=C/c1ccccc1)Cc1nccs1. The van der Waals surface area contributed by atoms with Crippen molar-refractivity contribution in [2.24, 2.45) is 0 Å². The van der Waals surface area contributed by atoms with Crippen LogP contribution in [0, 0.1) is 0 Å². The van der Waals surface area contributed by atoms with Gasteiger partial charge in [-0.15, -0.1) is 11.3 Å². The lowest BCUT2D eigenvalue weighted by Gasteiger charge is -2.18. The van der Waals surface area contributed by atoms with E-state index in [1.165, 1.54) is 5.56 Å². The summed E-state index contributed by atoms with van der Waals surface area (Å²) in [5, 5.41) is 3.16. The van der Waals surface area contributed by atoms with E-state index in [0.717, 1.165) is 31.2 Å². The fraction of sp³-hybridized carbons (Fsp3) is 0.312. The average Bonchev–Trinajstić information content (AvgIpc) is 2.98. The van der Waals surface area contributed by atoms with Crippen molar-refractivity contribution < 1.29 is 4.74 Å². The highest BCUT2D eigenvalue weighted by Gasteiger charge is 2.05. The molecular weight excluding hydrogens is 268 g/mol. The molecule has 0 amide bonds. The molecule has 0 N–H and O–H groups in total. The number of nitrogens with zero attached hydrogens (tertiary/aromatic N) is 2. The number of hydrogen-bond acceptors (Lipinski definition) is 4. The molecule has 0 saturated heterocycles. The van der Waals surface area contributed by atoms with Crippen LogP contribution in [0.3, 0.4) is 0 Å². The topological polar surface area (TPSA) is 25.4 Å².